The standard InChI is InChI=1S/C10H16N4/c1-4-12-13-9(1)14-6-3-10(8-14)2-5-11-7-10/h1,4,11H,2-3,5-8H2,(H,12,13). The third kappa shape index (κ3) is 1.21. The van der Waals surface area contributed by atoms with E-state index in [2.05, 4.69) is 26.5 Å². The maximum absolute atomic E-state index is 4.00. The molecule has 3 heterocycles. The molecule has 14 heavy (non-hydrogen) atoms. The number of anilines is 1. The minimum Gasteiger partial charge on any atom is -0.356 e. The second-order valence-corrected chi connectivity index (χ2v) is 4.54. The Balaban J connectivity index is 1.75. The normalized spacial score (nSPS) is 31.9. The first-order valence-electron chi connectivity index (χ1n) is 5.33. The maximum Gasteiger partial charge on any atom is 0.123 e. The fraction of sp³-hybridized carbons (Fsp3) is 0.700. The molecule has 0 saturated carbocycles. The number of nitrogens with zero attached hydrogens (tertiary/aromatic N) is 2. The summed E-state index contributed by atoms with van der Waals surface area (Å²) in [5.41, 5.74) is 0.547. The summed E-state index contributed by atoms with van der Waals surface area (Å²) < 4.78 is 0. The van der Waals surface area contributed by atoms with Crippen molar-refractivity contribution in [2.75, 3.05) is 31.1 Å². The van der Waals surface area contributed by atoms with Gasteiger partial charge in [0.1, 0.15) is 5.82 Å². The molecule has 2 aliphatic heterocycles. The van der Waals surface area contributed by atoms with E-state index in [0.29, 0.717) is 5.41 Å². The smallest absolute Gasteiger partial charge is 0.123 e. The first kappa shape index (κ1) is 8.29. The van der Waals surface area contributed by atoms with Crippen LogP contribution in [0, 0.1) is 5.41 Å². The molecule has 1 atom stereocenters. The van der Waals surface area contributed by atoms with Crippen LogP contribution in [0.25, 0.3) is 0 Å². The topological polar surface area (TPSA) is 44.0 Å². The highest BCUT2D eigenvalue weighted by atomic mass is 15.3. The minimum absolute atomic E-state index is 0.547. The van der Waals surface area contributed by atoms with Crippen LogP contribution in [0.4, 0.5) is 5.82 Å². The van der Waals surface area contributed by atoms with Crippen LogP contribution < -0.4 is 10.2 Å². The molecule has 0 radical (unpaired) electrons. The molecule has 0 aliphatic carbocycles. The van der Waals surface area contributed by atoms with E-state index in [1.165, 1.54) is 44.8 Å². The molecule has 4 heteroatoms. The van der Waals surface area contributed by atoms with Crippen molar-refractivity contribution in [3.8, 4) is 0 Å². The van der Waals surface area contributed by atoms with Crippen LogP contribution in [0.3, 0.4) is 0 Å². The zero-order valence-corrected chi connectivity index (χ0v) is 8.29. The van der Waals surface area contributed by atoms with Gasteiger partial charge >= 0.3 is 0 Å². The van der Waals surface area contributed by atoms with Crippen LogP contribution in [0.2, 0.25) is 0 Å². The van der Waals surface area contributed by atoms with Crippen molar-refractivity contribution in [1.82, 2.24) is 15.5 Å². The van der Waals surface area contributed by atoms with Crippen molar-refractivity contribution < 1.29 is 0 Å². The SMILES string of the molecule is c1cc(N2CCC3(CCNC3)C2)[nH]n1. The first-order valence-corrected chi connectivity index (χ1v) is 5.33. The number of H-pyrrole nitrogens is 1. The summed E-state index contributed by atoms with van der Waals surface area (Å²) >= 11 is 0. The summed E-state index contributed by atoms with van der Waals surface area (Å²) in [5.74, 6) is 1.17. The Kier molecular flexibility index (Phi) is 1.77. The predicted octanol–water partition coefficient (Wildman–Crippen LogP) is 0.599. The van der Waals surface area contributed by atoms with Gasteiger partial charge in [0.15, 0.2) is 0 Å². The van der Waals surface area contributed by atoms with Gasteiger partial charge in [-0.15, -0.1) is 0 Å². The van der Waals surface area contributed by atoms with Crippen molar-refractivity contribution in [2.24, 2.45) is 5.41 Å². The summed E-state index contributed by atoms with van der Waals surface area (Å²) in [7, 11) is 0. The Hall–Kier alpha value is -1.03. The predicted molar refractivity (Wildman–Crippen MR) is 55.3 cm³/mol. The molecule has 0 aromatic carbocycles. The minimum atomic E-state index is 0.547. The monoisotopic (exact) mass is 192 g/mol. The zero-order chi connectivity index (χ0) is 9.43. The Labute approximate surface area is 83.7 Å². The molecule has 0 bridgehead atoms. The van der Waals surface area contributed by atoms with Gasteiger partial charge < -0.3 is 10.2 Å². The van der Waals surface area contributed by atoms with E-state index in [0.717, 1.165) is 0 Å². The summed E-state index contributed by atoms with van der Waals surface area (Å²) in [6, 6.07) is 2.06. The van der Waals surface area contributed by atoms with E-state index in [-0.39, 0.29) is 0 Å². The van der Waals surface area contributed by atoms with Crippen LogP contribution in [0.5, 0.6) is 0 Å². The lowest BCUT2D eigenvalue weighted by molar-refractivity contribution is 0.369. The zero-order valence-electron chi connectivity index (χ0n) is 8.29. The number of aromatic amines is 1. The lowest BCUT2D eigenvalue weighted by atomic mass is 9.87. The van der Waals surface area contributed by atoms with Gasteiger partial charge in [-0.1, -0.05) is 0 Å². The Bertz CT molecular complexity index is 300. The molecule has 2 saturated heterocycles. The van der Waals surface area contributed by atoms with E-state index in [9.17, 15) is 0 Å². The van der Waals surface area contributed by atoms with Gasteiger partial charge in [0, 0.05) is 31.1 Å². The van der Waals surface area contributed by atoms with E-state index in [1.807, 2.05) is 6.20 Å². The fourth-order valence-corrected chi connectivity index (χ4v) is 2.71. The number of hydrogen-bond donors (Lipinski definition) is 2. The molecule has 3 rings (SSSR count). The number of nitrogens with one attached hydrogen (secondary N) is 2. The van der Waals surface area contributed by atoms with E-state index in [4.69, 9.17) is 0 Å². The highest BCUT2D eigenvalue weighted by molar-refractivity contribution is 5.39. The largest absolute Gasteiger partial charge is 0.356 e. The molecule has 0 amide bonds. The fourth-order valence-electron chi connectivity index (χ4n) is 2.71. The van der Waals surface area contributed by atoms with Crippen molar-refractivity contribution in [3.05, 3.63) is 12.3 Å². The van der Waals surface area contributed by atoms with Crippen LogP contribution in [0.15, 0.2) is 12.3 Å². The maximum atomic E-state index is 4.00. The van der Waals surface area contributed by atoms with Crippen LogP contribution in [-0.2, 0) is 0 Å². The molecule has 1 aromatic heterocycles. The van der Waals surface area contributed by atoms with E-state index >= 15 is 0 Å². The quantitative estimate of drug-likeness (QED) is 0.685. The number of rotatable bonds is 1. The van der Waals surface area contributed by atoms with Crippen LogP contribution in [-0.4, -0.2) is 36.4 Å². The van der Waals surface area contributed by atoms with Crippen molar-refractivity contribution in [3.63, 3.8) is 0 Å². The molecule has 2 fully saturated rings. The Morgan fingerprint density at radius 1 is 1.43 bits per heavy atom. The third-order valence-electron chi connectivity index (χ3n) is 3.60. The second kappa shape index (κ2) is 2.98. The van der Waals surface area contributed by atoms with E-state index < -0.39 is 0 Å². The Morgan fingerprint density at radius 2 is 2.43 bits per heavy atom. The van der Waals surface area contributed by atoms with Gasteiger partial charge in [0.25, 0.3) is 0 Å². The molecular weight excluding hydrogens is 176 g/mol. The van der Waals surface area contributed by atoms with E-state index in [1.54, 1.807) is 0 Å². The van der Waals surface area contributed by atoms with Gasteiger partial charge in [0.05, 0.1) is 6.20 Å². The van der Waals surface area contributed by atoms with Crippen molar-refractivity contribution in [2.45, 2.75) is 12.8 Å². The van der Waals surface area contributed by atoms with Crippen LogP contribution in [0.1, 0.15) is 12.8 Å². The molecular formula is C10H16N4. The number of aromatic nitrogens is 2. The average molecular weight is 192 g/mol. The average Bonchev–Trinajstić information content (AvgIpc) is 2.91. The molecule has 1 spiro atoms. The number of hydrogen-bond acceptors (Lipinski definition) is 3. The molecule has 76 valence electrons. The van der Waals surface area contributed by atoms with Gasteiger partial charge in [-0.25, -0.2) is 0 Å². The summed E-state index contributed by atoms with van der Waals surface area (Å²) in [6.07, 6.45) is 4.48. The lowest BCUT2D eigenvalue weighted by Gasteiger charge is -2.22. The molecule has 2 N–H and O–H groups in total. The van der Waals surface area contributed by atoms with Gasteiger partial charge in [-0.2, -0.15) is 5.10 Å². The third-order valence-corrected chi connectivity index (χ3v) is 3.60. The van der Waals surface area contributed by atoms with Crippen LogP contribution >= 0.6 is 0 Å². The van der Waals surface area contributed by atoms with Crippen molar-refractivity contribution in [1.29, 1.82) is 0 Å². The molecule has 4 nitrogen and oxygen atoms in total. The molecule has 1 aromatic rings. The summed E-state index contributed by atoms with van der Waals surface area (Å²) in [5, 5.41) is 10.5. The molecule has 2 aliphatic rings. The van der Waals surface area contributed by atoms with Gasteiger partial charge in [-0.3, -0.25) is 5.10 Å². The first-order chi connectivity index (χ1) is 6.88. The van der Waals surface area contributed by atoms with Gasteiger partial charge in [-0.05, 0) is 19.4 Å². The highest BCUT2D eigenvalue weighted by Gasteiger charge is 2.40. The highest BCUT2D eigenvalue weighted by Crippen LogP contribution is 2.37. The van der Waals surface area contributed by atoms with Crippen molar-refractivity contribution >= 4 is 5.82 Å². The van der Waals surface area contributed by atoms with Gasteiger partial charge in [0.2, 0.25) is 0 Å². The lowest BCUT2D eigenvalue weighted by Crippen LogP contribution is -2.29. The summed E-state index contributed by atoms with van der Waals surface area (Å²) in [6.45, 7) is 4.74. The second-order valence-electron chi connectivity index (χ2n) is 4.54. The Morgan fingerprint density at radius 3 is 3.14 bits per heavy atom. The molecule has 1 unspecified atom stereocenters. The summed E-state index contributed by atoms with van der Waals surface area (Å²) in [4.78, 5) is 2.42.